The van der Waals surface area contributed by atoms with Crippen molar-refractivity contribution in [3.05, 3.63) is 47.2 Å². The molecule has 4 aliphatic rings. The maximum atomic E-state index is 12.4. The summed E-state index contributed by atoms with van der Waals surface area (Å²) in [4.78, 5) is 3.75. The molecule has 3 aliphatic carbocycles. The highest BCUT2D eigenvalue weighted by atomic mass is 16.5. The van der Waals surface area contributed by atoms with Crippen molar-refractivity contribution in [3.8, 4) is 0 Å². The van der Waals surface area contributed by atoms with E-state index >= 15 is 0 Å². The molecule has 5 heteroatoms. The Morgan fingerprint density at radius 2 is 1.88 bits per heavy atom. The molecule has 172 valence electrons. The van der Waals surface area contributed by atoms with E-state index in [1.807, 2.05) is 0 Å². The highest BCUT2D eigenvalue weighted by Gasteiger charge is 2.70. The van der Waals surface area contributed by atoms with Gasteiger partial charge < -0.3 is 25.0 Å². The van der Waals surface area contributed by atoms with Crippen LogP contribution in [-0.2, 0) is 16.6 Å². The lowest BCUT2D eigenvalue weighted by molar-refractivity contribution is -0.209. The van der Waals surface area contributed by atoms with Crippen LogP contribution in [0.25, 0.3) is 10.9 Å². The number of hydrogen-bond donors (Lipinski definition) is 4. The monoisotopic (exact) mass is 437 g/mol. The fourth-order valence-electron chi connectivity index (χ4n) is 7.99. The number of aliphatic hydroxyl groups excluding tert-OH is 1. The quantitative estimate of drug-likeness (QED) is 0.512. The number of nitrogens with one attached hydrogen (secondary N) is 1. The first-order valence-corrected chi connectivity index (χ1v) is 12.1. The zero-order valence-corrected chi connectivity index (χ0v) is 19.5. The number of benzene rings is 1. The Kier molecular flexibility index (Phi) is 4.09. The second kappa shape index (κ2) is 6.26. The average Bonchev–Trinajstić information content (AvgIpc) is 3.24. The number of aliphatic hydroxyl groups is 3. The van der Waals surface area contributed by atoms with E-state index < -0.39 is 23.4 Å². The number of para-hydroxylation sites is 1. The van der Waals surface area contributed by atoms with E-state index in [0.29, 0.717) is 12.3 Å². The molecule has 7 atom stereocenters. The second-order valence-electron chi connectivity index (χ2n) is 11.7. The maximum Gasteiger partial charge on any atom is 0.116 e. The topological polar surface area (TPSA) is 85.7 Å². The summed E-state index contributed by atoms with van der Waals surface area (Å²) in [6.45, 7) is 7.95. The molecule has 0 spiro atoms. The molecule has 2 saturated carbocycles. The Balaban J connectivity index is 1.49. The van der Waals surface area contributed by atoms with Gasteiger partial charge in [0.1, 0.15) is 12.2 Å². The maximum absolute atomic E-state index is 12.4. The van der Waals surface area contributed by atoms with Crippen LogP contribution in [0.15, 0.2) is 35.9 Å². The predicted molar refractivity (Wildman–Crippen MR) is 123 cm³/mol. The van der Waals surface area contributed by atoms with Gasteiger partial charge >= 0.3 is 0 Å². The first-order valence-electron chi connectivity index (χ1n) is 12.1. The van der Waals surface area contributed by atoms with E-state index in [1.165, 1.54) is 22.2 Å². The normalized spacial score (nSPS) is 43.3. The number of aromatic nitrogens is 1. The van der Waals surface area contributed by atoms with Gasteiger partial charge in [0.05, 0.1) is 17.3 Å². The molecule has 1 aliphatic heterocycles. The zero-order valence-electron chi connectivity index (χ0n) is 19.5. The van der Waals surface area contributed by atoms with Crippen molar-refractivity contribution in [2.75, 3.05) is 0 Å². The molecule has 0 unspecified atom stereocenters. The largest absolute Gasteiger partial charge is 0.388 e. The first-order chi connectivity index (χ1) is 15.0. The number of hydrogen-bond acceptors (Lipinski definition) is 4. The Labute approximate surface area is 189 Å². The Morgan fingerprint density at radius 1 is 1.12 bits per heavy atom. The van der Waals surface area contributed by atoms with Gasteiger partial charge in [-0.3, -0.25) is 0 Å². The SMILES string of the molecule is CC(C)(O)[C@H]1O[C@H]2CC[C@@]3(C)[C@@](O)(CC[C@H]4Cc5c([nH]c6ccccc56)[C@@]43C)C2=C[C@@H]1O. The molecule has 1 aromatic heterocycles. The standard InChI is InChI=1S/C27H35NO4/c1-24(2,30)23-20(29)14-18-21(32-23)10-11-25(3)26(4)15(9-12-27(18,25)31)13-17-16-7-5-6-8-19(16)28-22(17)26/h5-8,14-15,20-21,23,28-31H,9-13H2,1-4H3/t15-,20-,21-,23-,25+,26+,27+/m0/s1. The van der Waals surface area contributed by atoms with Crippen molar-refractivity contribution >= 4 is 10.9 Å². The summed E-state index contributed by atoms with van der Waals surface area (Å²) in [5.74, 6) is 0.481. The van der Waals surface area contributed by atoms with E-state index in [1.54, 1.807) is 19.9 Å². The molecular weight excluding hydrogens is 402 g/mol. The van der Waals surface area contributed by atoms with Gasteiger partial charge in [-0.05, 0) is 75.1 Å². The first kappa shape index (κ1) is 20.9. The smallest absolute Gasteiger partial charge is 0.116 e. The molecule has 0 radical (unpaired) electrons. The van der Waals surface area contributed by atoms with Crippen molar-refractivity contribution in [1.82, 2.24) is 4.98 Å². The van der Waals surface area contributed by atoms with Gasteiger partial charge in [0.25, 0.3) is 0 Å². The van der Waals surface area contributed by atoms with Crippen LogP contribution in [-0.4, -0.2) is 49.8 Å². The summed E-state index contributed by atoms with van der Waals surface area (Å²) in [5.41, 5.74) is 1.91. The molecule has 0 bridgehead atoms. The molecule has 4 N–H and O–H groups in total. The molecule has 2 fully saturated rings. The molecule has 2 heterocycles. The van der Waals surface area contributed by atoms with Crippen LogP contribution in [0, 0.1) is 11.3 Å². The molecule has 2 aromatic rings. The predicted octanol–water partition coefficient (Wildman–Crippen LogP) is 3.75. The van der Waals surface area contributed by atoms with Crippen molar-refractivity contribution in [1.29, 1.82) is 0 Å². The van der Waals surface area contributed by atoms with E-state index in [4.69, 9.17) is 4.74 Å². The molecule has 1 aromatic carbocycles. The number of rotatable bonds is 1. The summed E-state index contributed by atoms with van der Waals surface area (Å²) in [7, 11) is 0. The van der Waals surface area contributed by atoms with E-state index in [0.717, 1.165) is 31.3 Å². The summed E-state index contributed by atoms with van der Waals surface area (Å²) in [6, 6.07) is 8.53. The van der Waals surface area contributed by atoms with Crippen molar-refractivity contribution in [2.24, 2.45) is 11.3 Å². The number of fused-ring (bicyclic) bond motifs is 9. The lowest BCUT2D eigenvalue weighted by Crippen LogP contribution is -2.68. The highest BCUT2D eigenvalue weighted by Crippen LogP contribution is 2.69. The highest BCUT2D eigenvalue weighted by molar-refractivity contribution is 5.86. The molecule has 0 saturated heterocycles. The van der Waals surface area contributed by atoms with Crippen LogP contribution < -0.4 is 0 Å². The molecule has 5 nitrogen and oxygen atoms in total. The average molecular weight is 438 g/mol. The van der Waals surface area contributed by atoms with E-state index in [2.05, 4.69) is 43.1 Å². The molecule has 32 heavy (non-hydrogen) atoms. The summed E-state index contributed by atoms with van der Waals surface area (Å²) < 4.78 is 6.25. The zero-order chi connectivity index (χ0) is 22.7. The van der Waals surface area contributed by atoms with Gasteiger partial charge in [0.2, 0.25) is 0 Å². The third kappa shape index (κ3) is 2.33. The minimum Gasteiger partial charge on any atom is -0.388 e. The van der Waals surface area contributed by atoms with Crippen LogP contribution in [0.3, 0.4) is 0 Å². The lowest BCUT2D eigenvalue weighted by atomic mass is 9.42. The fraction of sp³-hybridized carbons (Fsp3) is 0.630. The Bertz CT molecular complexity index is 1130. The van der Waals surface area contributed by atoms with Crippen LogP contribution >= 0.6 is 0 Å². The number of H-pyrrole nitrogens is 1. The third-order valence-corrected chi connectivity index (χ3v) is 9.91. The minimum absolute atomic E-state index is 0.196. The van der Waals surface area contributed by atoms with Gasteiger partial charge in [0, 0.05) is 27.4 Å². The summed E-state index contributed by atoms with van der Waals surface area (Å²) in [5, 5.41) is 35.1. The molecule has 6 rings (SSSR count). The third-order valence-electron chi connectivity index (χ3n) is 9.91. The van der Waals surface area contributed by atoms with Crippen LogP contribution in [0.1, 0.15) is 64.6 Å². The molecule has 0 amide bonds. The Morgan fingerprint density at radius 3 is 2.62 bits per heavy atom. The van der Waals surface area contributed by atoms with Crippen molar-refractivity contribution < 1.29 is 20.1 Å². The van der Waals surface area contributed by atoms with Gasteiger partial charge in [-0.1, -0.05) is 32.0 Å². The van der Waals surface area contributed by atoms with Gasteiger partial charge in [-0.25, -0.2) is 0 Å². The van der Waals surface area contributed by atoms with Crippen LogP contribution in [0.2, 0.25) is 0 Å². The number of ether oxygens (including phenoxy) is 1. The van der Waals surface area contributed by atoms with Gasteiger partial charge in [-0.15, -0.1) is 0 Å². The van der Waals surface area contributed by atoms with Gasteiger partial charge in [-0.2, -0.15) is 0 Å². The van der Waals surface area contributed by atoms with Gasteiger partial charge in [0.15, 0.2) is 0 Å². The minimum atomic E-state index is -1.15. The summed E-state index contributed by atoms with van der Waals surface area (Å²) >= 11 is 0. The van der Waals surface area contributed by atoms with E-state index in [9.17, 15) is 15.3 Å². The molecular formula is C27H35NO4. The van der Waals surface area contributed by atoms with Crippen molar-refractivity contribution in [3.63, 3.8) is 0 Å². The summed E-state index contributed by atoms with van der Waals surface area (Å²) in [6.07, 6.45) is 4.18. The van der Waals surface area contributed by atoms with Crippen LogP contribution in [0.5, 0.6) is 0 Å². The lowest BCUT2D eigenvalue weighted by Gasteiger charge is -2.65. The van der Waals surface area contributed by atoms with Crippen LogP contribution in [0.4, 0.5) is 0 Å². The van der Waals surface area contributed by atoms with Crippen molar-refractivity contribution in [2.45, 2.75) is 94.7 Å². The second-order valence-corrected chi connectivity index (χ2v) is 11.7. The fourth-order valence-corrected chi connectivity index (χ4v) is 7.99. The Hall–Kier alpha value is -1.66. The van der Waals surface area contributed by atoms with E-state index in [-0.39, 0.29) is 16.9 Å². The number of aromatic amines is 1.